The summed E-state index contributed by atoms with van der Waals surface area (Å²) in [4.78, 5) is 83.5. The SMILES string of the molecule is CC(=O)O[C@H]1C(=O)[C@@]2(C)[C@H]([C@H](OC(=O)c3ccccc3)[C@]3(O)C[C@H](OC(=O)[C@H](O)[C@@H](NC(=O)c4ccccc4)c4ccccc4)C(C)=C1C3(C)C)[C@]1(OC(C)=O)CO[C@@H]1C[C@@H]2O.C[N+](C)(C)CCO. The van der Waals surface area contributed by atoms with Gasteiger partial charge in [-0.05, 0) is 54.8 Å². The number of ether oxygens (including phenoxy) is 5. The number of amides is 1. The van der Waals surface area contributed by atoms with E-state index in [1.807, 2.05) is 0 Å². The van der Waals surface area contributed by atoms with Crippen LogP contribution in [0.3, 0.4) is 0 Å². The number of nitrogens with zero attached hydrogens (tertiary/aromatic N) is 1. The third-order valence-corrected chi connectivity index (χ3v) is 14.3. The largest absolute Gasteiger partial charge is 0.456 e. The molecule has 3 fully saturated rings. The minimum Gasteiger partial charge on any atom is -0.456 e. The molecule has 2 saturated carbocycles. The number of nitrogens with one attached hydrogen (secondary N) is 1. The van der Waals surface area contributed by atoms with Crippen molar-refractivity contribution >= 4 is 35.6 Å². The molecular formula is C52H65N2O15+. The molecule has 7 rings (SSSR count). The molecule has 0 spiro atoms. The van der Waals surface area contributed by atoms with Crippen LogP contribution in [-0.2, 0) is 42.9 Å². The van der Waals surface area contributed by atoms with Gasteiger partial charge in [0, 0.05) is 37.7 Å². The third kappa shape index (κ3) is 10.1. The monoisotopic (exact) mass is 957 g/mol. The van der Waals surface area contributed by atoms with Gasteiger partial charge in [-0.2, -0.15) is 0 Å². The second-order valence-electron chi connectivity index (χ2n) is 20.1. The van der Waals surface area contributed by atoms with Crippen molar-refractivity contribution in [3.05, 3.63) is 119 Å². The maximum Gasteiger partial charge on any atom is 0.338 e. The third-order valence-electron chi connectivity index (χ3n) is 14.3. The lowest BCUT2D eigenvalue weighted by Gasteiger charge is -2.67. The summed E-state index contributed by atoms with van der Waals surface area (Å²) in [5.74, 6) is -6.84. The number of fused-ring (bicyclic) bond motifs is 5. The van der Waals surface area contributed by atoms with Crippen molar-refractivity contribution in [1.29, 1.82) is 0 Å². The Balaban J connectivity index is 0.00000104. The van der Waals surface area contributed by atoms with Gasteiger partial charge in [0.05, 0.1) is 63.4 Å². The molecule has 1 amide bonds. The van der Waals surface area contributed by atoms with E-state index in [0.29, 0.717) is 5.56 Å². The number of ketones is 1. The van der Waals surface area contributed by atoms with E-state index in [1.54, 1.807) is 92.7 Å². The van der Waals surface area contributed by atoms with Gasteiger partial charge in [0.25, 0.3) is 5.91 Å². The van der Waals surface area contributed by atoms with E-state index in [2.05, 4.69) is 26.5 Å². The van der Waals surface area contributed by atoms with Crippen LogP contribution in [0.25, 0.3) is 0 Å². The summed E-state index contributed by atoms with van der Waals surface area (Å²) in [5, 5.41) is 48.6. The van der Waals surface area contributed by atoms with Gasteiger partial charge in [0.1, 0.15) is 30.5 Å². The highest BCUT2D eigenvalue weighted by Crippen LogP contribution is 2.64. The van der Waals surface area contributed by atoms with Crippen LogP contribution in [0.15, 0.2) is 102 Å². The molecule has 1 aliphatic heterocycles. The van der Waals surface area contributed by atoms with Crippen molar-refractivity contribution in [2.24, 2.45) is 16.7 Å². The maximum absolute atomic E-state index is 15.5. The lowest BCUT2D eigenvalue weighted by molar-refractivity contribution is -0.870. The zero-order chi connectivity index (χ0) is 50.9. The average molecular weight is 958 g/mol. The molecule has 0 aromatic heterocycles. The smallest absolute Gasteiger partial charge is 0.338 e. The number of carbonyl (C=O) groups is 6. The molecule has 372 valence electrons. The number of carbonyl (C=O) groups excluding carboxylic acids is 6. The lowest BCUT2D eigenvalue weighted by Crippen LogP contribution is -2.82. The highest BCUT2D eigenvalue weighted by molar-refractivity contribution is 5.96. The van der Waals surface area contributed by atoms with E-state index in [9.17, 15) is 39.3 Å². The number of aliphatic hydroxyl groups is 4. The number of esters is 4. The fourth-order valence-corrected chi connectivity index (χ4v) is 10.5. The Hall–Kier alpha value is -5.82. The van der Waals surface area contributed by atoms with Crippen LogP contribution >= 0.6 is 0 Å². The first-order valence-corrected chi connectivity index (χ1v) is 22.9. The van der Waals surface area contributed by atoms with E-state index in [-0.39, 0.29) is 41.9 Å². The predicted molar refractivity (Wildman–Crippen MR) is 248 cm³/mol. The topological polar surface area (TPSA) is 242 Å². The molecule has 17 nitrogen and oxygen atoms in total. The molecule has 4 aliphatic rings. The maximum atomic E-state index is 15.5. The van der Waals surface area contributed by atoms with E-state index in [4.69, 9.17) is 28.8 Å². The first-order valence-electron chi connectivity index (χ1n) is 22.9. The van der Waals surface area contributed by atoms with E-state index in [0.717, 1.165) is 24.9 Å². The number of aliphatic hydroxyl groups excluding tert-OH is 3. The van der Waals surface area contributed by atoms with Crippen LogP contribution in [0.5, 0.6) is 0 Å². The molecule has 0 unspecified atom stereocenters. The van der Waals surface area contributed by atoms with Crippen LogP contribution in [0.2, 0.25) is 0 Å². The number of hydrogen-bond donors (Lipinski definition) is 5. The Labute approximate surface area is 401 Å². The van der Waals surface area contributed by atoms with Crippen LogP contribution in [0.4, 0.5) is 0 Å². The number of likely N-dealkylation sites (N-methyl/N-ethyl adjacent to an activating group) is 1. The van der Waals surface area contributed by atoms with Crippen LogP contribution in [0, 0.1) is 16.7 Å². The van der Waals surface area contributed by atoms with Crippen molar-refractivity contribution in [1.82, 2.24) is 5.32 Å². The van der Waals surface area contributed by atoms with Crippen molar-refractivity contribution in [2.75, 3.05) is 40.9 Å². The molecule has 0 radical (unpaired) electrons. The minimum absolute atomic E-state index is 0.00289. The van der Waals surface area contributed by atoms with E-state index in [1.165, 1.54) is 26.0 Å². The van der Waals surface area contributed by atoms with Crippen molar-refractivity contribution in [2.45, 2.75) is 108 Å². The molecule has 1 saturated heterocycles. The molecule has 1 heterocycles. The zero-order valence-electron chi connectivity index (χ0n) is 40.5. The molecule has 3 aromatic rings. The predicted octanol–water partition coefficient (Wildman–Crippen LogP) is 3.42. The van der Waals surface area contributed by atoms with Gasteiger partial charge in [-0.3, -0.25) is 19.2 Å². The summed E-state index contributed by atoms with van der Waals surface area (Å²) in [6.45, 7) is 9.09. The summed E-state index contributed by atoms with van der Waals surface area (Å²) < 4.78 is 31.1. The normalized spacial score (nSPS) is 29.8. The molecule has 3 aliphatic carbocycles. The fourth-order valence-electron chi connectivity index (χ4n) is 10.5. The summed E-state index contributed by atoms with van der Waals surface area (Å²) in [6, 6.07) is 22.9. The number of benzene rings is 3. The lowest BCUT2D eigenvalue weighted by atomic mass is 9.44. The van der Waals surface area contributed by atoms with Gasteiger partial charge in [-0.15, -0.1) is 0 Å². The Morgan fingerprint density at radius 2 is 1.41 bits per heavy atom. The van der Waals surface area contributed by atoms with Crippen LogP contribution in [-0.4, -0.2) is 149 Å². The highest BCUT2D eigenvalue weighted by Gasteiger charge is 2.78. The number of rotatable bonds is 12. The first-order chi connectivity index (χ1) is 32.3. The fraction of sp³-hybridized carbons (Fsp3) is 0.500. The van der Waals surface area contributed by atoms with E-state index < -0.39 is 113 Å². The molecular weight excluding hydrogens is 893 g/mol. The van der Waals surface area contributed by atoms with Gasteiger partial charge in [0.15, 0.2) is 23.6 Å². The summed E-state index contributed by atoms with van der Waals surface area (Å²) in [7, 11) is 6.16. The Kier molecular flexibility index (Phi) is 15.4. The van der Waals surface area contributed by atoms with Gasteiger partial charge >= 0.3 is 23.9 Å². The molecule has 2 bridgehead atoms. The highest BCUT2D eigenvalue weighted by atomic mass is 16.6. The van der Waals surface area contributed by atoms with Crippen LogP contribution < -0.4 is 5.32 Å². The zero-order valence-corrected chi connectivity index (χ0v) is 40.5. The Morgan fingerprint density at radius 1 is 0.841 bits per heavy atom. The Bertz CT molecular complexity index is 2420. The van der Waals surface area contributed by atoms with Crippen molar-refractivity contribution < 1.29 is 77.4 Å². The molecule has 11 atom stereocenters. The summed E-state index contributed by atoms with van der Waals surface area (Å²) in [5.41, 5.74) is -7.02. The van der Waals surface area contributed by atoms with E-state index >= 15 is 4.79 Å². The summed E-state index contributed by atoms with van der Waals surface area (Å²) in [6.07, 6.45) is -10.5. The number of Topliss-reactive ketones (excluding diaryl/α,β-unsaturated/α-hetero) is 1. The van der Waals surface area contributed by atoms with Gasteiger partial charge in [0.2, 0.25) is 0 Å². The van der Waals surface area contributed by atoms with Gasteiger partial charge in [-0.25, -0.2) is 9.59 Å². The second-order valence-corrected chi connectivity index (χ2v) is 20.1. The van der Waals surface area contributed by atoms with Crippen LogP contribution in [0.1, 0.15) is 86.7 Å². The molecule has 3 aromatic carbocycles. The quantitative estimate of drug-likeness (QED) is 0.0757. The molecule has 5 N–H and O–H groups in total. The van der Waals surface area contributed by atoms with Crippen molar-refractivity contribution in [3.8, 4) is 0 Å². The summed E-state index contributed by atoms with van der Waals surface area (Å²) >= 11 is 0. The standard InChI is InChI=1S/C47H51NO14.C5H14NO/c1-25-31(60-43(56)36(52)35(28-16-10-7-11-17-28)48-41(54)29-18-12-8-13-19-29)23-47(57)40(61-42(55)30-20-14-9-15-21-30)38-45(6,32(51)22-33-46(38,24-58-33)62-27(3)50)39(53)37(59-26(2)49)34(25)44(47,4)5;1-6(2,3)4-5-7/h7-21,31-33,35-38,40,51-52,57H,22-24H2,1-6H3,(H,48,54);7H,4-5H2,1-3H3/q;+1/t31-,32-,33+,35-,36+,37+,38-,40-,45+,46-,47+;/m0./s1. The average Bonchev–Trinajstić information content (AvgIpc) is 3.29. The Morgan fingerprint density at radius 3 is 1.90 bits per heavy atom. The molecule has 69 heavy (non-hydrogen) atoms. The first kappa shape index (κ1) is 52.5. The number of hydrogen-bond acceptors (Lipinski definition) is 15. The molecule has 17 heteroatoms. The van der Waals surface area contributed by atoms with Gasteiger partial charge < -0.3 is 53.9 Å². The number of quaternary nitrogens is 1. The minimum atomic E-state index is -2.39. The second kappa shape index (κ2) is 20.3. The van der Waals surface area contributed by atoms with Crippen molar-refractivity contribution in [3.63, 3.8) is 0 Å². The van der Waals surface area contributed by atoms with Gasteiger partial charge in [-0.1, -0.05) is 80.6 Å².